The molecule has 18 heavy (non-hydrogen) atoms. The molecule has 0 aromatic heterocycles. The van der Waals surface area contributed by atoms with Crippen LogP contribution in [0.1, 0.15) is 36.0 Å². The molecule has 1 fully saturated rings. The number of anilines is 1. The first-order valence-electron chi connectivity index (χ1n) is 6.38. The molecule has 0 spiro atoms. The second kappa shape index (κ2) is 6.21. The number of aliphatic hydroxyl groups is 1. The molecule has 1 N–H and O–H groups in total. The Morgan fingerprint density at radius 1 is 1.39 bits per heavy atom. The molecular formula is C14H18ClNO2. The lowest BCUT2D eigenvalue weighted by Gasteiger charge is -2.31. The van der Waals surface area contributed by atoms with Gasteiger partial charge in [0.05, 0.1) is 6.61 Å². The van der Waals surface area contributed by atoms with Gasteiger partial charge in [0, 0.05) is 28.9 Å². The number of rotatable bonds is 5. The summed E-state index contributed by atoms with van der Waals surface area (Å²) >= 11 is 5.91. The third-order valence-electron chi connectivity index (χ3n) is 3.53. The van der Waals surface area contributed by atoms with Crippen molar-refractivity contribution in [3.05, 3.63) is 28.8 Å². The highest BCUT2D eigenvalue weighted by molar-refractivity contribution is 6.31. The van der Waals surface area contributed by atoms with Crippen molar-refractivity contribution < 1.29 is 9.90 Å². The van der Waals surface area contributed by atoms with Crippen molar-refractivity contribution in [1.82, 2.24) is 0 Å². The topological polar surface area (TPSA) is 40.5 Å². The highest BCUT2D eigenvalue weighted by Crippen LogP contribution is 2.31. The lowest BCUT2D eigenvalue weighted by atomic mass is 10.1. The highest BCUT2D eigenvalue weighted by Gasteiger charge is 2.24. The average molecular weight is 268 g/mol. The summed E-state index contributed by atoms with van der Waals surface area (Å²) in [6, 6.07) is 5.78. The molecule has 1 aliphatic carbocycles. The minimum atomic E-state index is 0.0947. The van der Waals surface area contributed by atoms with Gasteiger partial charge in [0.2, 0.25) is 0 Å². The fraction of sp³-hybridized carbons (Fsp3) is 0.500. The molecule has 98 valence electrons. The molecule has 0 amide bonds. The van der Waals surface area contributed by atoms with Crippen LogP contribution in [0.4, 0.5) is 5.69 Å². The van der Waals surface area contributed by atoms with Crippen molar-refractivity contribution in [1.29, 1.82) is 0 Å². The Labute approximate surface area is 112 Å². The Hall–Kier alpha value is -1.06. The second-order valence-corrected chi connectivity index (χ2v) is 5.11. The van der Waals surface area contributed by atoms with E-state index in [-0.39, 0.29) is 6.61 Å². The van der Waals surface area contributed by atoms with E-state index in [9.17, 15) is 9.90 Å². The van der Waals surface area contributed by atoms with E-state index in [1.165, 1.54) is 12.8 Å². The van der Waals surface area contributed by atoms with Crippen molar-refractivity contribution >= 4 is 23.6 Å². The molecule has 1 saturated carbocycles. The van der Waals surface area contributed by atoms with Gasteiger partial charge in [-0.15, -0.1) is 0 Å². The van der Waals surface area contributed by atoms with Crippen molar-refractivity contribution in [3.63, 3.8) is 0 Å². The monoisotopic (exact) mass is 267 g/mol. The maximum absolute atomic E-state index is 11.2. The number of benzene rings is 1. The van der Waals surface area contributed by atoms with Crippen LogP contribution in [0.5, 0.6) is 0 Å². The molecular weight excluding hydrogens is 250 g/mol. The maximum Gasteiger partial charge on any atom is 0.152 e. The quantitative estimate of drug-likeness (QED) is 0.834. The minimum Gasteiger partial charge on any atom is -0.395 e. The van der Waals surface area contributed by atoms with Crippen LogP contribution in [0, 0.1) is 0 Å². The van der Waals surface area contributed by atoms with Gasteiger partial charge < -0.3 is 10.0 Å². The van der Waals surface area contributed by atoms with Gasteiger partial charge in [0.1, 0.15) is 0 Å². The molecule has 2 rings (SSSR count). The van der Waals surface area contributed by atoms with Crippen LogP contribution in [0.2, 0.25) is 5.02 Å². The molecule has 0 radical (unpaired) electrons. The minimum absolute atomic E-state index is 0.0947. The molecule has 0 heterocycles. The fourth-order valence-corrected chi connectivity index (χ4v) is 2.89. The van der Waals surface area contributed by atoms with Gasteiger partial charge in [0.15, 0.2) is 6.29 Å². The predicted octanol–water partition coefficient (Wildman–Crippen LogP) is 2.89. The van der Waals surface area contributed by atoms with E-state index in [4.69, 9.17) is 11.6 Å². The summed E-state index contributed by atoms with van der Waals surface area (Å²) in [4.78, 5) is 13.3. The van der Waals surface area contributed by atoms with Crippen molar-refractivity contribution in [2.45, 2.75) is 31.7 Å². The number of hydrogen-bond acceptors (Lipinski definition) is 3. The molecule has 1 aliphatic rings. The van der Waals surface area contributed by atoms with E-state index in [0.29, 0.717) is 23.2 Å². The van der Waals surface area contributed by atoms with Crippen LogP contribution < -0.4 is 4.90 Å². The van der Waals surface area contributed by atoms with Gasteiger partial charge in [-0.2, -0.15) is 0 Å². The van der Waals surface area contributed by atoms with Gasteiger partial charge >= 0.3 is 0 Å². The van der Waals surface area contributed by atoms with E-state index in [1.54, 1.807) is 12.1 Å². The van der Waals surface area contributed by atoms with Crippen molar-refractivity contribution in [3.8, 4) is 0 Å². The van der Waals surface area contributed by atoms with E-state index in [0.717, 1.165) is 24.8 Å². The lowest BCUT2D eigenvalue weighted by molar-refractivity contribution is 0.112. The van der Waals surface area contributed by atoms with Crippen LogP contribution in [-0.4, -0.2) is 30.6 Å². The number of carbonyl (C=O) groups is 1. The summed E-state index contributed by atoms with van der Waals surface area (Å²) in [6.07, 6.45) is 5.52. The Morgan fingerprint density at radius 3 is 2.72 bits per heavy atom. The van der Waals surface area contributed by atoms with Crippen LogP contribution >= 0.6 is 11.6 Å². The Kier molecular flexibility index (Phi) is 4.61. The van der Waals surface area contributed by atoms with E-state index in [1.807, 2.05) is 6.07 Å². The van der Waals surface area contributed by atoms with Crippen LogP contribution in [-0.2, 0) is 0 Å². The van der Waals surface area contributed by atoms with Gasteiger partial charge in [-0.1, -0.05) is 24.4 Å². The SMILES string of the molecule is O=Cc1cc(Cl)ccc1N(CCO)C1CCCC1. The molecule has 0 unspecified atom stereocenters. The Balaban J connectivity index is 2.31. The first-order chi connectivity index (χ1) is 8.76. The summed E-state index contributed by atoms with van der Waals surface area (Å²) in [6.45, 7) is 0.657. The normalized spacial score (nSPS) is 15.9. The highest BCUT2D eigenvalue weighted by atomic mass is 35.5. The second-order valence-electron chi connectivity index (χ2n) is 4.68. The summed E-state index contributed by atoms with van der Waals surface area (Å²) in [7, 11) is 0. The molecule has 0 atom stereocenters. The zero-order chi connectivity index (χ0) is 13.0. The molecule has 1 aromatic carbocycles. The van der Waals surface area contributed by atoms with Gasteiger partial charge in [0.25, 0.3) is 0 Å². The number of carbonyl (C=O) groups excluding carboxylic acids is 1. The number of aldehydes is 1. The zero-order valence-corrected chi connectivity index (χ0v) is 11.1. The maximum atomic E-state index is 11.2. The third kappa shape index (κ3) is 2.85. The van der Waals surface area contributed by atoms with Crippen molar-refractivity contribution in [2.24, 2.45) is 0 Å². The van der Waals surface area contributed by atoms with Crippen LogP contribution in [0.3, 0.4) is 0 Å². The summed E-state index contributed by atoms with van der Waals surface area (Å²) < 4.78 is 0. The predicted molar refractivity (Wildman–Crippen MR) is 73.5 cm³/mol. The largest absolute Gasteiger partial charge is 0.395 e. The fourth-order valence-electron chi connectivity index (χ4n) is 2.70. The Morgan fingerprint density at radius 2 is 2.11 bits per heavy atom. The molecule has 3 nitrogen and oxygen atoms in total. The smallest absolute Gasteiger partial charge is 0.152 e. The van der Waals surface area contributed by atoms with Crippen molar-refractivity contribution in [2.75, 3.05) is 18.1 Å². The number of hydrogen-bond donors (Lipinski definition) is 1. The van der Waals surface area contributed by atoms with Gasteiger partial charge in [-0.05, 0) is 31.0 Å². The molecule has 0 bridgehead atoms. The average Bonchev–Trinajstić information content (AvgIpc) is 2.90. The summed E-state index contributed by atoms with van der Waals surface area (Å²) in [5.74, 6) is 0. The molecule has 4 heteroatoms. The molecule has 0 saturated heterocycles. The van der Waals surface area contributed by atoms with E-state index >= 15 is 0 Å². The van der Waals surface area contributed by atoms with Gasteiger partial charge in [-0.25, -0.2) is 0 Å². The lowest BCUT2D eigenvalue weighted by Crippen LogP contribution is -2.36. The van der Waals surface area contributed by atoms with Crippen LogP contribution in [0.15, 0.2) is 18.2 Å². The van der Waals surface area contributed by atoms with Gasteiger partial charge in [-0.3, -0.25) is 4.79 Å². The number of halogens is 1. The number of nitrogens with zero attached hydrogens (tertiary/aromatic N) is 1. The van der Waals surface area contributed by atoms with E-state index < -0.39 is 0 Å². The first-order valence-corrected chi connectivity index (χ1v) is 6.76. The zero-order valence-electron chi connectivity index (χ0n) is 10.3. The van der Waals surface area contributed by atoms with Crippen LogP contribution in [0.25, 0.3) is 0 Å². The standard InChI is InChI=1S/C14H18ClNO2/c15-12-5-6-14(11(9-12)10-18)16(7-8-17)13-3-1-2-4-13/h5-6,9-10,13,17H,1-4,7-8H2. The Bertz CT molecular complexity index is 416. The summed E-state index contributed by atoms with van der Waals surface area (Å²) in [5, 5.41) is 9.79. The molecule has 1 aromatic rings. The van der Waals surface area contributed by atoms with E-state index in [2.05, 4.69) is 4.90 Å². The number of aliphatic hydroxyl groups excluding tert-OH is 1. The first kappa shape index (κ1) is 13.4. The third-order valence-corrected chi connectivity index (χ3v) is 3.77. The molecule has 0 aliphatic heterocycles. The summed E-state index contributed by atoms with van der Waals surface area (Å²) in [5.41, 5.74) is 1.48.